The predicted molar refractivity (Wildman–Crippen MR) is 78.9 cm³/mol. The highest BCUT2D eigenvalue weighted by Gasteiger charge is 2.21. The first-order valence-corrected chi connectivity index (χ1v) is 7.18. The lowest BCUT2D eigenvalue weighted by Gasteiger charge is -2.34. The standard InChI is InChI=1S/C15H20N4O2/c1-21-12-15(20)18-8-6-17(7-9-18)11-13-10-14-4-2-3-5-19(14)16-13/h2-5,10H,6-9,11-12H2,1H3. The molecular weight excluding hydrogens is 268 g/mol. The third-order valence-corrected chi connectivity index (χ3v) is 3.80. The van der Waals surface area contributed by atoms with Gasteiger partial charge in [-0.05, 0) is 18.2 Å². The van der Waals surface area contributed by atoms with Gasteiger partial charge in [-0.2, -0.15) is 5.10 Å². The Bertz CT molecular complexity index is 584. The molecule has 1 aliphatic heterocycles. The molecule has 0 unspecified atom stereocenters. The lowest BCUT2D eigenvalue weighted by molar-refractivity contribution is -0.136. The number of hydrogen-bond donors (Lipinski definition) is 0. The van der Waals surface area contributed by atoms with Crippen LogP contribution in [0.1, 0.15) is 5.69 Å². The molecule has 0 bridgehead atoms. The van der Waals surface area contributed by atoms with Crippen LogP contribution in [0.4, 0.5) is 0 Å². The highest BCUT2D eigenvalue weighted by molar-refractivity contribution is 5.77. The summed E-state index contributed by atoms with van der Waals surface area (Å²) in [6.07, 6.45) is 1.96. The molecule has 6 heteroatoms. The number of rotatable bonds is 4. The lowest BCUT2D eigenvalue weighted by Crippen LogP contribution is -2.49. The third-order valence-electron chi connectivity index (χ3n) is 3.80. The third kappa shape index (κ3) is 3.22. The quantitative estimate of drug-likeness (QED) is 0.828. The summed E-state index contributed by atoms with van der Waals surface area (Å²) >= 11 is 0. The van der Waals surface area contributed by atoms with Crippen molar-refractivity contribution in [1.29, 1.82) is 0 Å². The van der Waals surface area contributed by atoms with E-state index in [1.54, 1.807) is 7.11 Å². The minimum absolute atomic E-state index is 0.0740. The topological polar surface area (TPSA) is 50.1 Å². The maximum atomic E-state index is 11.7. The fraction of sp³-hybridized carbons (Fsp3) is 0.467. The van der Waals surface area contributed by atoms with E-state index in [-0.39, 0.29) is 12.5 Å². The zero-order chi connectivity index (χ0) is 14.7. The van der Waals surface area contributed by atoms with Gasteiger partial charge in [-0.1, -0.05) is 6.07 Å². The second-order valence-corrected chi connectivity index (χ2v) is 5.30. The molecule has 0 aliphatic carbocycles. The lowest BCUT2D eigenvalue weighted by atomic mass is 10.2. The Kier molecular flexibility index (Phi) is 4.17. The Morgan fingerprint density at radius 2 is 2.10 bits per heavy atom. The van der Waals surface area contributed by atoms with Gasteiger partial charge in [0.15, 0.2) is 0 Å². The van der Waals surface area contributed by atoms with Crippen molar-refractivity contribution < 1.29 is 9.53 Å². The van der Waals surface area contributed by atoms with Gasteiger partial charge < -0.3 is 9.64 Å². The second kappa shape index (κ2) is 6.24. The van der Waals surface area contributed by atoms with Gasteiger partial charge in [-0.3, -0.25) is 9.69 Å². The van der Waals surface area contributed by atoms with Gasteiger partial charge in [0.2, 0.25) is 5.91 Å². The van der Waals surface area contributed by atoms with Crippen molar-refractivity contribution >= 4 is 11.4 Å². The SMILES string of the molecule is COCC(=O)N1CCN(Cc2cc3ccccn3n2)CC1. The Hall–Kier alpha value is -1.92. The minimum Gasteiger partial charge on any atom is -0.375 e. The van der Waals surface area contributed by atoms with Crippen molar-refractivity contribution in [2.24, 2.45) is 0 Å². The molecule has 0 aromatic carbocycles. The Morgan fingerprint density at radius 3 is 2.81 bits per heavy atom. The fourth-order valence-electron chi connectivity index (χ4n) is 2.67. The van der Waals surface area contributed by atoms with Crippen LogP contribution < -0.4 is 0 Å². The Balaban J connectivity index is 1.56. The maximum Gasteiger partial charge on any atom is 0.248 e. The number of aromatic nitrogens is 2. The number of fused-ring (bicyclic) bond motifs is 1. The molecule has 1 saturated heterocycles. The minimum atomic E-state index is 0.0740. The zero-order valence-corrected chi connectivity index (χ0v) is 12.2. The summed E-state index contributed by atoms with van der Waals surface area (Å²) < 4.78 is 6.79. The van der Waals surface area contributed by atoms with Crippen molar-refractivity contribution in [3.05, 3.63) is 36.2 Å². The first kappa shape index (κ1) is 14.0. The number of ether oxygens (including phenoxy) is 1. The fourth-order valence-corrected chi connectivity index (χ4v) is 2.67. The number of pyridine rings is 1. The normalized spacial score (nSPS) is 16.5. The van der Waals surface area contributed by atoms with Gasteiger partial charge in [-0.15, -0.1) is 0 Å². The number of nitrogens with zero attached hydrogens (tertiary/aromatic N) is 4. The monoisotopic (exact) mass is 288 g/mol. The van der Waals surface area contributed by atoms with Crippen LogP contribution in [0.25, 0.3) is 5.52 Å². The van der Waals surface area contributed by atoms with Crippen molar-refractivity contribution in [3.8, 4) is 0 Å². The van der Waals surface area contributed by atoms with E-state index in [9.17, 15) is 4.79 Å². The number of carbonyl (C=O) groups is 1. The molecule has 2 aromatic rings. The van der Waals surface area contributed by atoms with Crippen molar-refractivity contribution in [1.82, 2.24) is 19.4 Å². The van der Waals surface area contributed by atoms with Crippen LogP contribution in [-0.4, -0.2) is 65.2 Å². The molecule has 0 saturated carbocycles. The summed E-state index contributed by atoms with van der Waals surface area (Å²) in [5.74, 6) is 0.0740. The van der Waals surface area contributed by atoms with E-state index in [4.69, 9.17) is 4.74 Å². The molecule has 3 rings (SSSR count). The smallest absolute Gasteiger partial charge is 0.248 e. The molecule has 0 spiro atoms. The molecule has 6 nitrogen and oxygen atoms in total. The van der Waals surface area contributed by atoms with E-state index in [1.807, 2.05) is 27.7 Å². The summed E-state index contributed by atoms with van der Waals surface area (Å²) in [6, 6.07) is 8.16. The summed E-state index contributed by atoms with van der Waals surface area (Å²) in [5.41, 5.74) is 2.18. The van der Waals surface area contributed by atoms with Crippen LogP contribution in [0.5, 0.6) is 0 Å². The van der Waals surface area contributed by atoms with Gasteiger partial charge >= 0.3 is 0 Å². The Labute approximate surface area is 123 Å². The molecule has 3 heterocycles. The van der Waals surface area contributed by atoms with Crippen LogP contribution >= 0.6 is 0 Å². The van der Waals surface area contributed by atoms with Gasteiger partial charge in [0, 0.05) is 46.0 Å². The highest BCUT2D eigenvalue weighted by atomic mass is 16.5. The van der Waals surface area contributed by atoms with E-state index >= 15 is 0 Å². The molecule has 0 N–H and O–H groups in total. The van der Waals surface area contributed by atoms with E-state index in [0.29, 0.717) is 0 Å². The number of hydrogen-bond acceptors (Lipinski definition) is 4. The van der Waals surface area contributed by atoms with Gasteiger partial charge in [0.25, 0.3) is 0 Å². The van der Waals surface area contributed by atoms with Gasteiger partial charge in [0.1, 0.15) is 6.61 Å². The van der Waals surface area contributed by atoms with Crippen molar-refractivity contribution in [2.45, 2.75) is 6.54 Å². The highest BCUT2D eigenvalue weighted by Crippen LogP contribution is 2.10. The molecule has 0 radical (unpaired) electrons. The average molecular weight is 288 g/mol. The van der Waals surface area contributed by atoms with Crippen LogP contribution in [0.3, 0.4) is 0 Å². The van der Waals surface area contributed by atoms with E-state index < -0.39 is 0 Å². The molecule has 21 heavy (non-hydrogen) atoms. The van der Waals surface area contributed by atoms with Crippen LogP contribution in [0.2, 0.25) is 0 Å². The summed E-state index contributed by atoms with van der Waals surface area (Å²) in [7, 11) is 1.55. The van der Waals surface area contributed by atoms with E-state index in [1.165, 1.54) is 0 Å². The summed E-state index contributed by atoms with van der Waals surface area (Å²) in [4.78, 5) is 15.9. The van der Waals surface area contributed by atoms with Crippen molar-refractivity contribution in [3.63, 3.8) is 0 Å². The molecule has 1 fully saturated rings. The average Bonchev–Trinajstić information content (AvgIpc) is 2.90. The zero-order valence-electron chi connectivity index (χ0n) is 12.2. The van der Waals surface area contributed by atoms with Crippen molar-refractivity contribution in [2.75, 3.05) is 39.9 Å². The predicted octanol–water partition coefficient (Wildman–Crippen LogP) is 0.625. The molecule has 0 atom stereocenters. The molecule has 1 amide bonds. The number of methoxy groups -OCH3 is 1. The summed E-state index contributed by atoms with van der Waals surface area (Å²) in [5, 5.41) is 4.56. The molecule has 1 aliphatic rings. The second-order valence-electron chi connectivity index (χ2n) is 5.30. The summed E-state index contributed by atoms with van der Waals surface area (Å²) in [6.45, 7) is 4.28. The number of amides is 1. The van der Waals surface area contributed by atoms with Crippen LogP contribution in [0, 0.1) is 0 Å². The molecular formula is C15H20N4O2. The first-order valence-electron chi connectivity index (χ1n) is 7.18. The first-order chi connectivity index (χ1) is 10.3. The van der Waals surface area contributed by atoms with E-state index in [0.717, 1.165) is 43.9 Å². The number of carbonyl (C=O) groups excluding carboxylic acids is 1. The molecule has 2 aromatic heterocycles. The Morgan fingerprint density at radius 1 is 1.29 bits per heavy atom. The van der Waals surface area contributed by atoms with Gasteiger partial charge in [0.05, 0.1) is 11.2 Å². The maximum absolute atomic E-state index is 11.7. The van der Waals surface area contributed by atoms with Crippen LogP contribution in [-0.2, 0) is 16.1 Å². The largest absolute Gasteiger partial charge is 0.375 e. The number of piperazine rings is 1. The molecule has 112 valence electrons. The van der Waals surface area contributed by atoms with Crippen LogP contribution in [0.15, 0.2) is 30.5 Å². The van der Waals surface area contributed by atoms with E-state index in [2.05, 4.69) is 22.1 Å². The van der Waals surface area contributed by atoms with Gasteiger partial charge in [-0.25, -0.2) is 4.52 Å².